The van der Waals surface area contributed by atoms with Crippen molar-refractivity contribution < 1.29 is 19.1 Å². The number of esters is 1. The highest BCUT2D eigenvalue weighted by molar-refractivity contribution is 6.04. The number of nitrogens with one attached hydrogen (secondary N) is 2. The lowest BCUT2D eigenvalue weighted by molar-refractivity contribution is -0.124. The van der Waals surface area contributed by atoms with E-state index in [0.717, 1.165) is 0 Å². The zero-order valence-corrected chi connectivity index (χ0v) is 13.3. The maximum Gasteiger partial charge on any atom is 0.339 e. The summed E-state index contributed by atoms with van der Waals surface area (Å²) in [5.41, 5.74) is 1.99. The molecule has 120 valence electrons. The van der Waals surface area contributed by atoms with Crippen LogP contribution in [-0.4, -0.2) is 60.3 Å². The van der Waals surface area contributed by atoms with Crippen molar-refractivity contribution in [2.45, 2.75) is 26.8 Å². The molecule has 7 nitrogen and oxygen atoms in total. The molecule has 0 bridgehead atoms. The van der Waals surface area contributed by atoms with Crippen LogP contribution in [-0.2, 0) is 9.53 Å². The van der Waals surface area contributed by atoms with Gasteiger partial charge in [-0.25, -0.2) is 4.79 Å². The first-order chi connectivity index (χ1) is 10.4. The van der Waals surface area contributed by atoms with Crippen LogP contribution >= 0.6 is 0 Å². The molecule has 1 aromatic heterocycles. The molecule has 2 heterocycles. The Bertz CT molecular complexity index is 621. The maximum absolute atomic E-state index is 12.7. The number of methoxy groups -OCH3 is 1. The summed E-state index contributed by atoms with van der Waals surface area (Å²) in [6, 6.07) is -0.437. The monoisotopic (exact) mass is 307 g/mol. The highest BCUT2D eigenvalue weighted by atomic mass is 16.5. The van der Waals surface area contributed by atoms with E-state index < -0.39 is 12.0 Å². The van der Waals surface area contributed by atoms with Crippen LogP contribution in [0.2, 0.25) is 0 Å². The number of carbonyl (C=O) groups is 3. The molecule has 0 aromatic carbocycles. The van der Waals surface area contributed by atoms with Gasteiger partial charge in [-0.05, 0) is 26.3 Å². The molecule has 22 heavy (non-hydrogen) atoms. The van der Waals surface area contributed by atoms with Crippen LogP contribution in [0.3, 0.4) is 0 Å². The van der Waals surface area contributed by atoms with Crippen molar-refractivity contribution in [3.8, 4) is 0 Å². The zero-order valence-electron chi connectivity index (χ0n) is 13.3. The standard InChI is InChI=1S/C15H21N3O4/c1-8-12(15(21)22-4)9(2)17-13(8)14(20)10(3)18-6-5-16-11(19)7-18/h10,17H,5-7H2,1-4H3,(H,16,19)/t10-/m0/s1. The highest BCUT2D eigenvalue weighted by Crippen LogP contribution is 2.21. The average molecular weight is 307 g/mol. The van der Waals surface area contributed by atoms with Crippen LogP contribution in [0.25, 0.3) is 0 Å². The molecule has 7 heteroatoms. The number of hydrogen-bond donors (Lipinski definition) is 2. The number of nitrogens with zero attached hydrogens (tertiary/aromatic N) is 1. The molecule has 2 rings (SSSR count). The average Bonchev–Trinajstić information content (AvgIpc) is 2.80. The van der Waals surface area contributed by atoms with Crippen molar-refractivity contribution in [3.63, 3.8) is 0 Å². The van der Waals surface area contributed by atoms with Gasteiger partial charge >= 0.3 is 5.97 Å². The number of aromatic nitrogens is 1. The fraction of sp³-hybridized carbons (Fsp3) is 0.533. The molecule has 1 fully saturated rings. The second-order valence-electron chi connectivity index (χ2n) is 5.48. The summed E-state index contributed by atoms with van der Waals surface area (Å²) in [5.74, 6) is -0.679. The molecule has 1 atom stereocenters. The van der Waals surface area contributed by atoms with Crippen LogP contribution in [0.5, 0.6) is 0 Å². The van der Waals surface area contributed by atoms with E-state index in [0.29, 0.717) is 35.6 Å². The summed E-state index contributed by atoms with van der Waals surface area (Å²) in [6.07, 6.45) is 0. The lowest BCUT2D eigenvalue weighted by atomic mass is 10.0. The van der Waals surface area contributed by atoms with E-state index >= 15 is 0 Å². The Hall–Kier alpha value is -2.15. The molecule has 0 aliphatic carbocycles. The molecule has 0 saturated carbocycles. The van der Waals surface area contributed by atoms with Crippen molar-refractivity contribution in [1.82, 2.24) is 15.2 Å². The number of ketones is 1. The third kappa shape index (κ3) is 2.89. The molecule has 0 radical (unpaired) electrons. The van der Waals surface area contributed by atoms with E-state index in [2.05, 4.69) is 10.3 Å². The number of H-pyrrole nitrogens is 1. The molecule has 0 unspecified atom stereocenters. The largest absolute Gasteiger partial charge is 0.465 e. The fourth-order valence-electron chi connectivity index (χ4n) is 2.77. The number of piperazine rings is 1. The quantitative estimate of drug-likeness (QED) is 0.621. The zero-order chi connectivity index (χ0) is 16.4. The van der Waals surface area contributed by atoms with Crippen LogP contribution in [0, 0.1) is 13.8 Å². The maximum atomic E-state index is 12.7. The van der Waals surface area contributed by atoms with Gasteiger partial charge in [0.1, 0.15) is 0 Å². The normalized spacial score (nSPS) is 17.0. The van der Waals surface area contributed by atoms with E-state index in [9.17, 15) is 14.4 Å². The number of aryl methyl sites for hydroxylation is 1. The van der Waals surface area contributed by atoms with Crippen molar-refractivity contribution >= 4 is 17.7 Å². The number of ether oxygens (including phenoxy) is 1. The second kappa shape index (κ2) is 6.31. The van der Waals surface area contributed by atoms with Gasteiger partial charge < -0.3 is 15.0 Å². The highest BCUT2D eigenvalue weighted by Gasteiger charge is 2.30. The van der Waals surface area contributed by atoms with Gasteiger partial charge in [-0.15, -0.1) is 0 Å². The molecule has 1 amide bonds. The number of amides is 1. The third-order valence-corrected chi connectivity index (χ3v) is 4.07. The molecule has 1 aliphatic rings. The smallest absolute Gasteiger partial charge is 0.339 e. The van der Waals surface area contributed by atoms with Crippen LogP contribution in [0.1, 0.15) is 39.0 Å². The summed E-state index contributed by atoms with van der Waals surface area (Å²) < 4.78 is 4.75. The molecule has 1 aromatic rings. The number of aromatic amines is 1. The number of carbonyl (C=O) groups excluding carboxylic acids is 3. The number of hydrogen-bond acceptors (Lipinski definition) is 5. The van der Waals surface area contributed by atoms with Gasteiger partial charge in [0.25, 0.3) is 0 Å². The summed E-state index contributed by atoms with van der Waals surface area (Å²) in [6.45, 7) is 6.59. The molecule has 1 aliphatic heterocycles. The summed E-state index contributed by atoms with van der Waals surface area (Å²) in [5, 5.41) is 2.73. The van der Waals surface area contributed by atoms with Gasteiger partial charge in [0, 0.05) is 18.8 Å². The molecular weight excluding hydrogens is 286 g/mol. The van der Waals surface area contributed by atoms with E-state index in [4.69, 9.17) is 4.74 Å². The van der Waals surface area contributed by atoms with Gasteiger partial charge in [0.15, 0.2) is 5.78 Å². The van der Waals surface area contributed by atoms with E-state index in [1.807, 2.05) is 4.90 Å². The van der Waals surface area contributed by atoms with Gasteiger partial charge in [-0.2, -0.15) is 0 Å². The minimum absolute atomic E-state index is 0.0828. The lowest BCUT2D eigenvalue weighted by Crippen LogP contribution is -2.53. The van der Waals surface area contributed by atoms with Gasteiger partial charge in [0.2, 0.25) is 5.91 Å². The van der Waals surface area contributed by atoms with E-state index in [1.54, 1.807) is 20.8 Å². The minimum atomic E-state index is -0.463. The van der Waals surface area contributed by atoms with Crippen LogP contribution in [0.4, 0.5) is 0 Å². The van der Waals surface area contributed by atoms with E-state index in [1.165, 1.54) is 7.11 Å². The predicted octanol–water partition coefficient (Wildman–Crippen LogP) is 0.421. The topological polar surface area (TPSA) is 91.5 Å². The lowest BCUT2D eigenvalue weighted by Gasteiger charge is -2.30. The number of Topliss-reactive ketones (excluding diaryl/α,β-unsaturated/α-hetero) is 1. The van der Waals surface area contributed by atoms with Crippen molar-refractivity contribution in [2.24, 2.45) is 0 Å². The van der Waals surface area contributed by atoms with Crippen LogP contribution < -0.4 is 5.32 Å². The Balaban J connectivity index is 2.26. The van der Waals surface area contributed by atoms with Gasteiger partial charge in [-0.3, -0.25) is 14.5 Å². The van der Waals surface area contributed by atoms with E-state index in [-0.39, 0.29) is 18.2 Å². The van der Waals surface area contributed by atoms with Gasteiger partial charge in [0.05, 0.1) is 31.0 Å². The van der Waals surface area contributed by atoms with Crippen molar-refractivity contribution in [2.75, 3.05) is 26.7 Å². The summed E-state index contributed by atoms with van der Waals surface area (Å²) in [7, 11) is 1.31. The summed E-state index contributed by atoms with van der Waals surface area (Å²) >= 11 is 0. The Kier molecular flexibility index (Phi) is 4.65. The molecule has 2 N–H and O–H groups in total. The van der Waals surface area contributed by atoms with Crippen molar-refractivity contribution in [3.05, 3.63) is 22.5 Å². The molecular formula is C15H21N3O4. The Morgan fingerprint density at radius 2 is 2.00 bits per heavy atom. The first-order valence-corrected chi connectivity index (χ1v) is 7.19. The number of rotatable bonds is 4. The SMILES string of the molecule is COC(=O)c1c(C)[nH]c(C(=O)[C@H](C)N2CCNC(=O)C2)c1C. The molecule has 0 spiro atoms. The first kappa shape index (κ1) is 16.2. The Morgan fingerprint density at radius 1 is 1.32 bits per heavy atom. The van der Waals surface area contributed by atoms with Crippen molar-refractivity contribution in [1.29, 1.82) is 0 Å². The fourth-order valence-corrected chi connectivity index (χ4v) is 2.77. The Labute approximate surface area is 129 Å². The predicted molar refractivity (Wildman–Crippen MR) is 80.0 cm³/mol. The minimum Gasteiger partial charge on any atom is -0.465 e. The summed E-state index contributed by atoms with van der Waals surface area (Å²) in [4.78, 5) is 40.7. The molecule has 1 saturated heterocycles. The third-order valence-electron chi connectivity index (χ3n) is 4.07. The Morgan fingerprint density at radius 3 is 2.59 bits per heavy atom. The van der Waals surface area contributed by atoms with Crippen LogP contribution in [0.15, 0.2) is 0 Å². The van der Waals surface area contributed by atoms with Gasteiger partial charge in [-0.1, -0.05) is 0 Å². The second-order valence-corrected chi connectivity index (χ2v) is 5.48. The first-order valence-electron chi connectivity index (χ1n) is 7.19.